The number of carbonyl (C=O) groups is 3. The number of anilines is 1. The van der Waals surface area contributed by atoms with Gasteiger partial charge in [0, 0.05) is 17.4 Å². The first-order chi connectivity index (χ1) is 8.70. The predicted molar refractivity (Wildman–Crippen MR) is 65.2 cm³/mol. The molecule has 18 heavy (non-hydrogen) atoms. The Morgan fingerprint density at radius 2 is 1.56 bits per heavy atom. The van der Waals surface area contributed by atoms with Gasteiger partial charge in [0.05, 0.1) is 5.69 Å². The van der Waals surface area contributed by atoms with Crippen molar-refractivity contribution >= 4 is 23.8 Å². The van der Waals surface area contributed by atoms with Gasteiger partial charge in [0.2, 0.25) is 11.8 Å². The molecule has 4 heteroatoms. The van der Waals surface area contributed by atoms with E-state index < -0.39 is 0 Å². The first-order valence-electron chi connectivity index (χ1n) is 6.14. The Morgan fingerprint density at radius 3 is 2.06 bits per heavy atom. The Kier molecular flexibility index (Phi) is 2.51. The van der Waals surface area contributed by atoms with Gasteiger partial charge in [0.15, 0.2) is 0 Å². The maximum atomic E-state index is 12.2. The molecule has 1 aliphatic heterocycles. The summed E-state index contributed by atoms with van der Waals surface area (Å²) in [6, 6.07) is 6.56. The number of imide groups is 1. The number of amides is 2. The Hall–Kier alpha value is -1.97. The van der Waals surface area contributed by atoms with Crippen LogP contribution in [-0.4, -0.2) is 18.1 Å². The highest BCUT2D eigenvalue weighted by Crippen LogP contribution is 2.39. The minimum absolute atomic E-state index is 0.00144. The highest BCUT2D eigenvalue weighted by atomic mass is 16.2. The van der Waals surface area contributed by atoms with E-state index in [1.54, 1.807) is 24.3 Å². The highest BCUT2D eigenvalue weighted by Gasteiger charge is 2.45. The van der Waals surface area contributed by atoms with Gasteiger partial charge in [-0.2, -0.15) is 0 Å². The van der Waals surface area contributed by atoms with Gasteiger partial charge in [0.1, 0.15) is 6.29 Å². The van der Waals surface area contributed by atoms with Gasteiger partial charge < -0.3 is 0 Å². The van der Waals surface area contributed by atoms with E-state index in [9.17, 15) is 14.4 Å². The molecule has 0 N–H and O–H groups in total. The minimum Gasteiger partial charge on any atom is -0.298 e. The molecule has 92 valence electrons. The van der Waals surface area contributed by atoms with Crippen LogP contribution in [0.15, 0.2) is 24.3 Å². The normalized spacial score (nSPS) is 26.6. The number of fused-ring (bicyclic) bond motifs is 2. The van der Waals surface area contributed by atoms with Crippen molar-refractivity contribution in [1.82, 2.24) is 0 Å². The molecule has 2 unspecified atom stereocenters. The number of carbonyl (C=O) groups excluding carboxylic acids is 3. The third-order valence-electron chi connectivity index (χ3n) is 3.86. The summed E-state index contributed by atoms with van der Waals surface area (Å²) in [7, 11) is 0. The van der Waals surface area contributed by atoms with Gasteiger partial charge in [-0.05, 0) is 43.5 Å². The number of hydrogen-bond donors (Lipinski definition) is 0. The van der Waals surface area contributed by atoms with Crippen molar-refractivity contribution in [1.29, 1.82) is 0 Å². The van der Waals surface area contributed by atoms with E-state index >= 15 is 0 Å². The molecule has 1 aromatic rings. The molecule has 4 nitrogen and oxygen atoms in total. The van der Waals surface area contributed by atoms with E-state index in [-0.39, 0.29) is 23.7 Å². The first kappa shape index (κ1) is 11.1. The van der Waals surface area contributed by atoms with E-state index in [4.69, 9.17) is 0 Å². The smallest absolute Gasteiger partial charge is 0.236 e. The Labute approximate surface area is 105 Å². The van der Waals surface area contributed by atoms with Crippen LogP contribution in [0.1, 0.15) is 29.6 Å². The fourth-order valence-corrected chi connectivity index (χ4v) is 2.86. The van der Waals surface area contributed by atoms with Crippen molar-refractivity contribution in [2.75, 3.05) is 4.90 Å². The molecule has 1 aromatic carbocycles. The molecule has 2 fully saturated rings. The van der Waals surface area contributed by atoms with Crippen LogP contribution < -0.4 is 4.90 Å². The van der Waals surface area contributed by atoms with E-state index in [0.717, 1.165) is 19.1 Å². The largest absolute Gasteiger partial charge is 0.298 e. The van der Waals surface area contributed by atoms with E-state index in [1.165, 1.54) is 4.90 Å². The summed E-state index contributed by atoms with van der Waals surface area (Å²) in [6.45, 7) is 0. The fraction of sp³-hybridized carbons (Fsp3) is 0.357. The number of rotatable bonds is 2. The number of benzene rings is 1. The van der Waals surface area contributed by atoms with Gasteiger partial charge in [-0.3, -0.25) is 19.3 Å². The number of piperidine rings is 1. The molecule has 2 atom stereocenters. The lowest BCUT2D eigenvalue weighted by Gasteiger charge is -2.29. The summed E-state index contributed by atoms with van der Waals surface area (Å²) in [4.78, 5) is 36.2. The molecule has 2 amide bonds. The summed E-state index contributed by atoms with van der Waals surface area (Å²) >= 11 is 0. The second-order valence-electron chi connectivity index (χ2n) is 4.93. The van der Waals surface area contributed by atoms with Crippen LogP contribution in [-0.2, 0) is 9.59 Å². The summed E-state index contributed by atoms with van der Waals surface area (Å²) < 4.78 is 0. The van der Waals surface area contributed by atoms with Crippen LogP contribution in [0.5, 0.6) is 0 Å². The molecule has 0 aromatic heterocycles. The first-order valence-corrected chi connectivity index (χ1v) is 6.14. The average Bonchev–Trinajstić information content (AvgIpc) is 2.85. The second-order valence-corrected chi connectivity index (χ2v) is 4.93. The molecular weight excluding hydrogens is 230 g/mol. The van der Waals surface area contributed by atoms with Gasteiger partial charge in [0.25, 0.3) is 0 Å². The van der Waals surface area contributed by atoms with Crippen LogP contribution in [0, 0.1) is 11.8 Å². The summed E-state index contributed by atoms with van der Waals surface area (Å²) in [5.41, 5.74) is 1.12. The molecular formula is C14H13NO3. The monoisotopic (exact) mass is 243 g/mol. The number of hydrogen-bond acceptors (Lipinski definition) is 3. The average molecular weight is 243 g/mol. The van der Waals surface area contributed by atoms with E-state index in [0.29, 0.717) is 17.7 Å². The Bertz CT molecular complexity index is 498. The van der Waals surface area contributed by atoms with Crippen molar-refractivity contribution in [2.24, 2.45) is 11.8 Å². The van der Waals surface area contributed by atoms with Crippen LogP contribution in [0.3, 0.4) is 0 Å². The lowest BCUT2D eigenvalue weighted by Crippen LogP contribution is -2.46. The summed E-state index contributed by atoms with van der Waals surface area (Å²) in [5, 5.41) is 0. The van der Waals surface area contributed by atoms with E-state index in [1.807, 2.05) is 0 Å². The van der Waals surface area contributed by atoms with Crippen molar-refractivity contribution in [2.45, 2.75) is 19.3 Å². The van der Waals surface area contributed by atoms with Crippen molar-refractivity contribution in [3.8, 4) is 0 Å². The zero-order valence-electron chi connectivity index (χ0n) is 9.83. The molecule has 0 radical (unpaired) electrons. The topological polar surface area (TPSA) is 54.5 Å². The third kappa shape index (κ3) is 1.56. The quantitative estimate of drug-likeness (QED) is 0.587. The fourth-order valence-electron chi connectivity index (χ4n) is 2.86. The van der Waals surface area contributed by atoms with Crippen molar-refractivity contribution < 1.29 is 14.4 Å². The van der Waals surface area contributed by atoms with Crippen LogP contribution >= 0.6 is 0 Å². The summed E-state index contributed by atoms with van der Waals surface area (Å²) in [5.74, 6) is -0.183. The Morgan fingerprint density at radius 1 is 1.00 bits per heavy atom. The highest BCUT2D eigenvalue weighted by molar-refractivity contribution is 6.18. The van der Waals surface area contributed by atoms with Gasteiger partial charge in [-0.1, -0.05) is 0 Å². The zero-order chi connectivity index (χ0) is 12.7. The third-order valence-corrected chi connectivity index (χ3v) is 3.86. The maximum absolute atomic E-state index is 12.2. The molecule has 1 saturated heterocycles. The second kappa shape index (κ2) is 4.05. The Balaban J connectivity index is 1.96. The maximum Gasteiger partial charge on any atom is 0.236 e. The van der Waals surface area contributed by atoms with E-state index in [2.05, 4.69) is 0 Å². The molecule has 1 aliphatic carbocycles. The van der Waals surface area contributed by atoms with Gasteiger partial charge in [-0.25, -0.2) is 0 Å². The van der Waals surface area contributed by atoms with Crippen molar-refractivity contribution in [3.63, 3.8) is 0 Å². The van der Waals surface area contributed by atoms with Gasteiger partial charge >= 0.3 is 0 Å². The SMILES string of the molecule is O=Cc1ccc(N2C(=O)C3CCC(C3)C2=O)cc1. The van der Waals surface area contributed by atoms with Crippen LogP contribution in [0.4, 0.5) is 5.69 Å². The molecule has 1 heterocycles. The standard InChI is InChI=1S/C14H13NO3/c16-8-9-1-5-12(6-2-9)15-13(17)10-3-4-11(7-10)14(15)18/h1-2,5-6,8,10-11H,3-4,7H2. The molecule has 1 saturated carbocycles. The molecule has 2 aliphatic rings. The lowest BCUT2D eigenvalue weighted by molar-refractivity contribution is -0.132. The number of nitrogens with zero attached hydrogens (tertiary/aromatic N) is 1. The lowest BCUT2D eigenvalue weighted by atomic mass is 9.96. The van der Waals surface area contributed by atoms with Crippen molar-refractivity contribution in [3.05, 3.63) is 29.8 Å². The number of aldehydes is 1. The van der Waals surface area contributed by atoms with Gasteiger partial charge in [-0.15, -0.1) is 0 Å². The molecule has 2 bridgehead atoms. The van der Waals surface area contributed by atoms with Crippen LogP contribution in [0.25, 0.3) is 0 Å². The molecule has 3 rings (SSSR count). The summed E-state index contributed by atoms with van der Waals surface area (Å²) in [6.07, 6.45) is 3.09. The molecule has 0 spiro atoms. The van der Waals surface area contributed by atoms with Crippen LogP contribution in [0.2, 0.25) is 0 Å². The minimum atomic E-state index is -0.0902. The predicted octanol–water partition coefficient (Wildman–Crippen LogP) is 1.79. The zero-order valence-corrected chi connectivity index (χ0v) is 9.83.